The molecule has 4 nitrogen and oxygen atoms in total. The van der Waals surface area contributed by atoms with E-state index in [1.165, 1.54) is 7.11 Å². The molecular formula is C18H13N2O2-. The second-order valence-corrected chi connectivity index (χ2v) is 4.62. The SMILES string of the molecule is COC(=O)c1cc(-c2ccccn2)[c-]c(-c2ccccn2)c1. The van der Waals surface area contributed by atoms with Crippen LogP contribution in [-0.4, -0.2) is 23.0 Å². The third-order valence-electron chi connectivity index (χ3n) is 3.17. The van der Waals surface area contributed by atoms with E-state index in [0.29, 0.717) is 5.56 Å². The summed E-state index contributed by atoms with van der Waals surface area (Å²) in [6.07, 6.45) is 3.41. The minimum atomic E-state index is -0.400. The van der Waals surface area contributed by atoms with Gasteiger partial charge in [-0.05, 0) is 17.7 Å². The van der Waals surface area contributed by atoms with Crippen molar-refractivity contribution in [3.8, 4) is 22.5 Å². The monoisotopic (exact) mass is 289 g/mol. The second-order valence-electron chi connectivity index (χ2n) is 4.62. The molecule has 0 aliphatic rings. The Morgan fingerprint density at radius 1 is 0.955 bits per heavy atom. The predicted octanol–water partition coefficient (Wildman–Crippen LogP) is 3.40. The zero-order valence-corrected chi connectivity index (χ0v) is 12.0. The largest absolute Gasteiger partial charge is 0.466 e. The van der Waals surface area contributed by atoms with E-state index in [2.05, 4.69) is 16.0 Å². The molecule has 0 bridgehead atoms. The second kappa shape index (κ2) is 6.18. The van der Waals surface area contributed by atoms with E-state index in [1.54, 1.807) is 24.5 Å². The summed E-state index contributed by atoms with van der Waals surface area (Å²) >= 11 is 0. The Bertz CT molecular complexity index is 729. The lowest BCUT2D eigenvalue weighted by atomic mass is 10.0. The summed E-state index contributed by atoms with van der Waals surface area (Å²) in [4.78, 5) is 20.5. The topological polar surface area (TPSA) is 52.1 Å². The fourth-order valence-electron chi connectivity index (χ4n) is 2.13. The molecular weight excluding hydrogens is 276 g/mol. The Kier molecular flexibility index (Phi) is 3.92. The van der Waals surface area contributed by atoms with Crippen molar-refractivity contribution in [2.45, 2.75) is 0 Å². The minimum Gasteiger partial charge on any atom is -0.466 e. The van der Waals surface area contributed by atoms with Crippen LogP contribution in [0.1, 0.15) is 10.4 Å². The van der Waals surface area contributed by atoms with Gasteiger partial charge in [-0.1, -0.05) is 35.4 Å². The first-order valence-electron chi connectivity index (χ1n) is 6.76. The smallest absolute Gasteiger partial charge is 0.322 e. The Labute approximate surface area is 128 Å². The molecule has 22 heavy (non-hydrogen) atoms. The Balaban J connectivity index is 2.17. The average molecular weight is 289 g/mol. The molecule has 0 saturated carbocycles. The number of methoxy groups -OCH3 is 1. The van der Waals surface area contributed by atoms with Crippen molar-refractivity contribution in [1.29, 1.82) is 0 Å². The molecule has 3 aromatic rings. The fourth-order valence-corrected chi connectivity index (χ4v) is 2.13. The summed E-state index contributed by atoms with van der Waals surface area (Å²) in [7, 11) is 1.36. The quantitative estimate of drug-likeness (QED) is 0.548. The van der Waals surface area contributed by atoms with Crippen molar-refractivity contribution in [3.05, 3.63) is 72.6 Å². The lowest BCUT2D eigenvalue weighted by molar-refractivity contribution is 0.0601. The van der Waals surface area contributed by atoms with E-state index < -0.39 is 5.97 Å². The molecule has 108 valence electrons. The van der Waals surface area contributed by atoms with Crippen LogP contribution in [-0.2, 0) is 4.74 Å². The van der Waals surface area contributed by atoms with E-state index in [9.17, 15) is 4.79 Å². The van der Waals surface area contributed by atoms with Crippen LogP contribution in [0.3, 0.4) is 0 Å². The van der Waals surface area contributed by atoms with E-state index in [1.807, 2.05) is 36.4 Å². The first kappa shape index (κ1) is 13.9. The molecule has 0 fully saturated rings. The molecule has 0 saturated heterocycles. The number of carbonyl (C=O) groups excluding carboxylic acids is 1. The highest BCUT2D eigenvalue weighted by atomic mass is 16.5. The standard InChI is InChI=1S/C18H13N2O2/c1-22-18(21)15-11-13(16-6-2-4-8-19-16)10-14(12-15)17-7-3-5-9-20-17/h2-9,11-12H,1H3/q-1. The van der Waals surface area contributed by atoms with Gasteiger partial charge in [0.2, 0.25) is 0 Å². The van der Waals surface area contributed by atoms with Crippen LogP contribution < -0.4 is 0 Å². The van der Waals surface area contributed by atoms with Crippen molar-refractivity contribution in [3.63, 3.8) is 0 Å². The average Bonchev–Trinajstić information content (AvgIpc) is 2.62. The number of benzene rings is 1. The molecule has 0 atom stereocenters. The van der Waals surface area contributed by atoms with Gasteiger partial charge >= 0.3 is 5.97 Å². The molecule has 0 spiro atoms. The van der Waals surface area contributed by atoms with Crippen molar-refractivity contribution in [1.82, 2.24) is 9.97 Å². The normalized spacial score (nSPS) is 10.2. The minimum absolute atomic E-state index is 0.400. The van der Waals surface area contributed by atoms with Crippen molar-refractivity contribution < 1.29 is 9.53 Å². The van der Waals surface area contributed by atoms with Crippen LogP contribution in [0.4, 0.5) is 0 Å². The Hall–Kier alpha value is -3.01. The van der Waals surface area contributed by atoms with Crippen LogP contribution in [0.25, 0.3) is 22.5 Å². The number of hydrogen-bond donors (Lipinski definition) is 0. The van der Waals surface area contributed by atoms with Gasteiger partial charge in [0, 0.05) is 23.8 Å². The lowest BCUT2D eigenvalue weighted by Crippen LogP contribution is -2.02. The van der Waals surface area contributed by atoms with Crippen molar-refractivity contribution >= 4 is 5.97 Å². The number of ether oxygens (including phenoxy) is 1. The third-order valence-corrected chi connectivity index (χ3v) is 3.17. The first-order valence-corrected chi connectivity index (χ1v) is 6.76. The third kappa shape index (κ3) is 2.86. The van der Waals surface area contributed by atoms with E-state index >= 15 is 0 Å². The highest BCUT2D eigenvalue weighted by molar-refractivity contribution is 5.92. The first-order chi connectivity index (χ1) is 10.8. The van der Waals surface area contributed by atoms with E-state index in [4.69, 9.17) is 4.74 Å². The highest BCUT2D eigenvalue weighted by Gasteiger charge is 2.06. The fraction of sp³-hybridized carbons (Fsp3) is 0.0556. The number of nitrogens with zero attached hydrogens (tertiary/aromatic N) is 2. The van der Waals surface area contributed by atoms with Crippen LogP contribution in [0, 0.1) is 6.07 Å². The van der Waals surface area contributed by atoms with E-state index in [0.717, 1.165) is 22.5 Å². The number of rotatable bonds is 3. The summed E-state index contributed by atoms with van der Waals surface area (Å²) in [5.74, 6) is -0.400. The molecule has 1 aromatic carbocycles. The van der Waals surface area contributed by atoms with Gasteiger partial charge in [-0.15, -0.1) is 18.2 Å². The van der Waals surface area contributed by atoms with Gasteiger partial charge in [-0.3, -0.25) is 9.97 Å². The number of aromatic nitrogens is 2. The van der Waals surface area contributed by atoms with Gasteiger partial charge in [-0.25, -0.2) is 4.79 Å². The highest BCUT2D eigenvalue weighted by Crippen LogP contribution is 2.25. The van der Waals surface area contributed by atoms with Crippen LogP contribution in [0.5, 0.6) is 0 Å². The van der Waals surface area contributed by atoms with Crippen LogP contribution in [0.15, 0.2) is 60.9 Å². The molecule has 0 aliphatic heterocycles. The summed E-state index contributed by atoms with van der Waals surface area (Å²) in [6.45, 7) is 0. The maximum atomic E-state index is 11.9. The van der Waals surface area contributed by atoms with Gasteiger partial charge in [0.1, 0.15) is 0 Å². The van der Waals surface area contributed by atoms with E-state index in [-0.39, 0.29) is 0 Å². The van der Waals surface area contributed by atoms with Crippen molar-refractivity contribution in [2.24, 2.45) is 0 Å². The van der Waals surface area contributed by atoms with Gasteiger partial charge < -0.3 is 4.74 Å². The molecule has 0 unspecified atom stereocenters. The number of pyridine rings is 2. The van der Waals surface area contributed by atoms with Gasteiger partial charge in [0.05, 0.1) is 7.11 Å². The van der Waals surface area contributed by atoms with Gasteiger partial charge in [-0.2, -0.15) is 0 Å². The predicted molar refractivity (Wildman–Crippen MR) is 83.1 cm³/mol. The summed E-state index contributed by atoms with van der Waals surface area (Å²) < 4.78 is 4.82. The lowest BCUT2D eigenvalue weighted by Gasteiger charge is -2.15. The molecule has 2 heterocycles. The summed E-state index contributed by atoms with van der Waals surface area (Å²) in [5.41, 5.74) is 3.38. The van der Waals surface area contributed by atoms with Gasteiger partial charge in [0.25, 0.3) is 0 Å². The zero-order chi connectivity index (χ0) is 15.4. The molecule has 0 amide bonds. The Morgan fingerprint density at radius 2 is 1.50 bits per heavy atom. The number of esters is 1. The van der Waals surface area contributed by atoms with Crippen LogP contribution >= 0.6 is 0 Å². The molecule has 3 rings (SSSR count). The number of hydrogen-bond acceptors (Lipinski definition) is 4. The van der Waals surface area contributed by atoms with Gasteiger partial charge in [0.15, 0.2) is 0 Å². The summed E-state index contributed by atoms with van der Waals surface area (Å²) in [6, 6.07) is 17.9. The molecule has 0 aliphatic carbocycles. The maximum Gasteiger partial charge on any atom is 0.322 e. The Morgan fingerprint density at radius 3 is 1.91 bits per heavy atom. The molecule has 0 N–H and O–H groups in total. The maximum absolute atomic E-state index is 11.9. The molecule has 4 heteroatoms. The molecule has 0 radical (unpaired) electrons. The number of carbonyl (C=O) groups is 1. The van der Waals surface area contributed by atoms with Crippen molar-refractivity contribution in [2.75, 3.05) is 7.11 Å². The summed E-state index contributed by atoms with van der Waals surface area (Å²) in [5, 5.41) is 0. The molecule has 2 aromatic heterocycles. The van der Waals surface area contributed by atoms with Crippen LogP contribution in [0.2, 0.25) is 0 Å². The zero-order valence-electron chi connectivity index (χ0n) is 12.0.